The number of benzene rings is 8. The number of fused-ring (bicyclic) bond motifs is 4. The molecule has 2 heterocycles. The molecule has 0 radical (unpaired) electrons. The van der Waals surface area contributed by atoms with Crippen molar-refractivity contribution < 1.29 is 26.2 Å². The third kappa shape index (κ3) is 10.1. The van der Waals surface area contributed by atoms with Gasteiger partial charge in [0, 0.05) is 43.4 Å². The zero-order valence-corrected chi connectivity index (χ0v) is 55.1. The molecule has 0 saturated heterocycles. The van der Waals surface area contributed by atoms with Crippen molar-refractivity contribution in [3.63, 3.8) is 0 Å². The Morgan fingerprint density at radius 3 is 1.36 bits per heavy atom. The van der Waals surface area contributed by atoms with E-state index in [-0.39, 0.29) is 64.7 Å². The van der Waals surface area contributed by atoms with Crippen LogP contribution in [-0.4, -0.2) is 24.2 Å². The van der Waals surface area contributed by atoms with E-state index < -0.39 is 0 Å². The van der Waals surface area contributed by atoms with E-state index in [0.717, 1.165) is 104 Å². The number of hydrogen-bond donors (Lipinski definition) is 1. The van der Waals surface area contributed by atoms with Gasteiger partial charge >= 0.3 is 0 Å². The van der Waals surface area contributed by atoms with Gasteiger partial charge in [0.25, 0.3) is 0 Å². The van der Waals surface area contributed by atoms with Crippen LogP contribution in [0.4, 0.5) is 0 Å². The van der Waals surface area contributed by atoms with Crippen LogP contribution in [0.25, 0.3) is 89.6 Å². The number of phenols is 1. The van der Waals surface area contributed by atoms with Gasteiger partial charge in [-0.25, -0.2) is 4.98 Å². The first kappa shape index (κ1) is 58.9. The molecule has 0 saturated carbocycles. The summed E-state index contributed by atoms with van der Waals surface area (Å²) in [6.07, 6.45) is 4.42. The Morgan fingerprint density at radius 2 is 0.857 bits per heavy atom. The predicted molar refractivity (Wildman–Crippen MR) is 350 cm³/mol. The topological polar surface area (TPSA) is 55.9 Å². The van der Waals surface area contributed by atoms with Crippen LogP contribution in [0.3, 0.4) is 0 Å². The molecule has 434 valence electrons. The normalized spacial score (nSPS) is 16.3. The summed E-state index contributed by atoms with van der Waals surface area (Å²) in [4.78, 5) is 11.6. The largest absolute Gasteiger partial charge is 0.507 e. The summed E-state index contributed by atoms with van der Waals surface area (Å²) in [5.74, 6) is 1.80. The van der Waals surface area contributed by atoms with Crippen LogP contribution >= 0.6 is 0 Å². The van der Waals surface area contributed by atoms with Crippen molar-refractivity contribution in [3.05, 3.63) is 197 Å². The Balaban J connectivity index is 0.00000736. The number of rotatable bonds is 7. The van der Waals surface area contributed by atoms with Crippen molar-refractivity contribution in [2.75, 3.05) is 0 Å². The summed E-state index contributed by atoms with van der Waals surface area (Å²) in [6, 6.07) is 60.2. The molecule has 0 unspecified atom stereocenters. The van der Waals surface area contributed by atoms with E-state index in [2.05, 4.69) is 285 Å². The average Bonchev–Trinajstić information content (AvgIpc) is 1.60. The van der Waals surface area contributed by atoms with Crippen molar-refractivity contribution in [2.24, 2.45) is 0 Å². The third-order valence-electron chi connectivity index (χ3n) is 19.1. The molecule has 6 heteroatoms. The van der Waals surface area contributed by atoms with Gasteiger partial charge in [-0.2, -0.15) is 0 Å². The van der Waals surface area contributed by atoms with Crippen LogP contribution in [0.15, 0.2) is 152 Å². The maximum absolute atomic E-state index is 13.0. The first-order valence-electron chi connectivity index (χ1n) is 30.4. The first-order chi connectivity index (χ1) is 38.9. The molecule has 1 N–H and O–H groups in total. The van der Waals surface area contributed by atoms with E-state index in [0.29, 0.717) is 11.4 Å². The van der Waals surface area contributed by atoms with E-state index in [1.54, 1.807) is 0 Å². The van der Waals surface area contributed by atoms with Crippen LogP contribution in [0.2, 0.25) is 0 Å². The summed E-state index contributed by atoms with van der Waals surface area (Å²) in [5, 5.41) is 13.0. The van der Waals surface area contributed by atoms with Crippen molar-refractivity contribution >= 4 is 22.1 Å². The number of para-hydroxylation sites is 3. The molecule has 2 aromatic heterocycles. The monoisotopic (exact) mass is 1290 g/mol. The average molecular weight is 1290 g/mol. The smallest absolute Gasteiger partial charge is 0.148 e. The van der Waals surface area contributed by atoms with Gasteiger partial charge in [-0.1, -0.05) is 220 Å². The molecule has 0 atom stereocenters. The van der Waals surface area contributed by atoms with Crippen LogP contribution in [0.5, 0.6) is 5.75 Å². The Morgan fingerprint density at radius 1 is 0.417 bits per heavy atom. The number of aromatic nitrogens is 4. The summed E-state index contributed by atoms with van der Waals surface area (Å²) in [5.41, 5.74) is 21.9. The molecule has 2 aliphatic rings. The second-order valence-corrected chi connectivity index (χ2v) is 30.2. The molecule has 0 amide bonds. The molecule has 0 spiro atoms. The van der Waals surface area contributed by atoms with E-state index in [9.17, 15) is 5.11 Å². The van der Waals surface area contributed by atoms with Crippen molar-refractivity contribution in [2.45, 2.75) is 181 Å². The van der Waals surface area contributed by atoms with Crippen molar-refractivity contribution in [3.8, 4) is 73.3 Å². The van der Waals surface area contributed by atoms with Gasteiger partial charge in [-0.15, -0.1) is 29.3 Å². The zero-order chi connectivity index (χ0) is 59.1. The van der Waals surface area contributed by atoms with E-state index >= 15 is 0 Å². The molecular weight excluding hydrogens is 1200 g/mol. The molecule has 5 nitrogen and oxygen atoms in total. The summed E-state index contributed by atoms with van der Waals surface area (Å²) >= 11 is 0. The minimum Gasteiger partial charge on any atom is -0.507 e. The Bertz CT molecular complexity index is 4200. The Labute approximate surface area is 515 Å². The molecule has 84 heavy (non-hydrogen) atoms. The van der Waals surface area contributed by atoms with E-state index in [1.807, 2.05) is 0 Å². The predicted octanol–water partition coefficient (Wildman–Crippen LogP) is 20.8. The molecule has 2 aliphatic carbocycles. The zero-order valence-electron chi connectivity index (χ0n) is 52.8. The maximum atomic E-state index is 13.0. The number of phenolic OH excluding ortho intramolecular Hbond substituents is 1. The molecule has 0 fully saturated rings. The van der Waals surface area contributed by atoms with Crippen LogP contribution in [-0.2, 0) is 59.0 Å². The fraction of sp³-hybridized carbons (Fsp3) is 0.359. The number of hydrogen-bond acceptors (Lipinski definition) is 3. The number of aromatic hydroxyl groups is 1. The van der Waals surface area contributed by atoms with E-state index in [1.165, 1.54) is 38.9 Å². The summed E-state index contributed by atoms with van der Waals surface area (Å²) in [7, 11) is 0. The van der Waals surface area contributed by atoms with Crippen molar-refractivity contribution in [1.29, 1.82) is 0 Å². The Hall–Kier alpha value is -6.81. The van der Waals surface area contributed by atoms with Gasteiger partial charge in [0.2, 0.25) is 0 Å². The first-order valence-corrected chi connectivity index (χ1v) is 30.4. The third-order valence-corrected chi connectivity index (χ3v) is 19.1. The SMILES string of the molecule is CC(C)(C)c1cc(-c2cccc3c2nc(-c2cc(C(C)(C)C)cc(C(C)(C)C)c2O)n3-c2cc3c(cc2-c2ccccc2)C(C)(C)CCC3(C)C)[c-]c(-c2nc3ccccc3n2-c2cc3c(cc2-c2ccccc2)C(C)(C)CCC3(C)C)c1.[Pt]. The fourth-order valence-electron chi connectivity index (χ4n) is 13.5. The number of imidazole rings is 2. The quantitative estimate of drug-likeness (QED) is 0.162. The second-order valence-electron chi connectivity index (χ2n) is 30.2. The van der Waals surface area contributed by atoms with Crippen LogP contribution in [0.1, 0.15) is 182 Å². The minimum absolute atomic E-state index is 0. The van der Waals surface area contributed by atoms with Crippen LogP contribution in [0, 0.1) is 6.07 Å². The van der Waals surface area contributed by atoms with Gasteiger partial charge < -0.3 is 9.67 Å². The number of nitrogens with zero attached hydrogens (tertiary/aromatic N) is 4. The standard InChI is InChI=1S/C78H85N4O.Pt/c1-72(2,3)52-40-50(39-51(41-52)70-79-63-32-24-25-33-64(63)81(70)66-46-60-58(75(10,11)35-37-77(60,14)15)44-55(66)48-27-20-18-21-28-48)54-31-26-34-65-68(54)80-71(57-42-53(73(4,5)6)43-62(69(57)83)74(7,8)9)82(65)67-47-61-59(76(12,13)36-38-78(61,16)17)45-56(67)49-29-22-19-23-30-49;/h18-34,40-47,83H,35-38H2,1-17H3;/q-1;. The summed E-state index contributed by atoms with van der Waals surface area (Å²) < 4.78 is 4.80. The second kappa shape index (κ2) is 20.4. The molecule has 12 rings (SSSR count). The van der Waals surface area contributed by atoms with Gasteiger partial charge in [-0.05, 0) is 151 Å². The van der Waals surface area contributed by atoms with Gasteiger partial charge in [0.1, 0.15) is 11.6 Å². The Kier molecular flexibility index (Phi) is 14.3. The molecule has 10 aromatic rings. The molecule has 0 bridgehead atoms. The van der Waals surface area contributed by atoms with Gasteiger partial charge in [0.05, 0.1) is 39.1 Å². The van der Waals surface area contributed by atoms with E-state index in [4.69, 9.17) is 9.97 Å². The maximum Gasteiger partial charge on any atom is 0.148 e. The van der Waals surface area contributed by atoms with Crippen molar-refractivity contribution in [1.82, 2.24) is 19.1 Å². The molecular formula is C78H85N4OPt-. The fourth-order valence-corrected chi connectivity index (χ4v) is 13.5. The minimum atomic E-state index is -0.359. The molecule has 8 aromatic carbocycles. The summed E-state index contributed by atoms with van der Waals surface area (Å²) in [6.45, 7) is 39.6. The van der Waals surface area contributed by atoms with Crippen LogP contribution < -0.4 is 0 Å². The van der Waals surface area contributed by atoms with Gasteiger partial charge in [0.15, 0.2) is 0 Å². The molecule has 0 aliphatic heterocycles. The van der Waals surface area contributed by atoms with Gasteiger partial charge in [-0.3, -0.25) is 9.55 Å².